The number of guanidine groups is 1. The van der Waals surface area contributed by atoms with Crippen LogP contribution in [-0.4, -0.2) is 45.2 Å². The summed E-state index contributed by atoms with van der Waals surface area (Å²) < 4.78 is 32.7. The summed E-state index contributed by atoms with van der Waals surface area (Å²) in [5.74, 6) is -0.880. The summed E-state index contributed by atoms with van der Waals surface area (Å²) in [4.78, 5) is 17.4. The molecule has 162 valence electrons. The van der Waals surface area contributed by atoms with Gasteiger partial charge in [-0.15, -0.1) is 24.0 Å². The third-order valence-corrected chi connectivity index (χ3v) is 4.84. The lowest BCUT2D eigenvalue weighted by molar-refractivity contribution is 0.0600. The van der Waals surface area contributed by atoms with Crippen LogP contribution in [0.4, 0.5) is 14.5 Å². The predicted octanol–water partition coefficient (Wildman–Crippen LogP) is 3.31. The van der Waals surface area contributed by atoms with Crippen molar-refractivity contribution in [2.75, 3.05) is 32.1 Å². The first-order valence-corrected chi connectivity index (χ1v) is 9.35. The molecule has 1 aliphatic rings. The molecule has 1 saturated heterocycles. The number of ether oxygens (including phenoxy) is 1. The summed E-state index contributed by atoms with van der Waals surface area (Å²) in [6, 6.07) is 11.0. The maximum atomic E-state index is 14.0. The molecule has 0 aliphatic carbocycles. The number of rotatable bonds is 5. The van der Waals surface area contributed by atoms with Gasteiger partial charge in [-0.05, 0) is 36.2 Å². The molecular formula is C21H25F2IN4O2. The van der Waals surface area contributed by atoms with Gasteiger partial charge in [0, 0.05) is 32.7 Å². The number of benzene rings is 2. The molecule has 9 heteroatoms. The number of methoxy groups -OCH3 is 1. The highest BCUT2D eigenvalue weighted by Gasteiger charge is 2.27. The van der Waals surface area contributed by atoms with E-state index >= 15 is 0 Å². The number of hydrogen-bond donors (Lipinski definition) is 2. The zero-order valence-corrected chi connectivity index (χ0v) is 19.2. The van der Waals surface area contributed by atoms with Crippen LogP contribution in [0.1, 0.15) is 22.3 Å². The molecule has 2 aromatic rings. The van der Waals surface area contributed by atoms with Gasteiger partial charge in [0.15, 0.2) is 5.96 Å². The zero-order valence-electron chi connectivity index (χ0n) is 16.8. The fourth-order valence-corrected chi connectivity index (χ4v) is 3.32. The van der Waals surface area contributed by atoms with Gasteiger partial charge in [-0.25, -0.2) is 13.6 Å². The quantitative estimate of drug-likeness (QED) is 0.269. The molecule has 1 aliphatic heterocycles. The van der Waals surface area contributed by atoms with Gasteiger partial charge in [-0.3, -0.25) is 4.99 Å². The molecule has 1 unspecified atom stereocenters. The Balaban J connectivity index is 0.00000320. The van der Waals surface area contributed by atoms with Gasteiger partial charge in [0.1, 0.15) is 17.3 Å². The van der Waals surface area contributed by atoms with E-state index in [-0.39, 0.29) is 41.7 Å². The highest BCUT2D eigenvalue weighted by molar-refractivity contribution is 14.0. The van der Waals surface area contributed by atoms with Crippen molar-refractivity contribution in [2.24, 2.45) is 4.99 Å². The Hall–Kier alpha value is -2.43. The number of carbonyl (C=O) groups is 1. The van der Waals surface area contributed by atoms with E-state index in [0.717, 1.165) is 12.0 Å². The number of esters is 1. The van der Waals surface area contributed by atoms with Crippen LogP contribution in [0.3, 0.4) is 0 Å². The molecule has 6 nitrogen and oxygen atoms in total. The van der Waals surface area contributed by atoms with Crippen LogP contribution in [-0.2, 0) is 11.3 Å². The zero-order chi connectivity index (χ0) is 20.8. The summed E-state index contributed by atoms with van der Waals surface area (Å²) in [5, 5.41) is 6.50. The number of aliphatic imine (C=N–C) groups is 1. The molecule has 0 amide bonds. The van der Waals surface area contributed by atoms with E-state index in [0.29, 0.717) is 31.2 Å². The van der Waals surface area contributed by atoms with Gasteiger partial charge < -0.3 is 20.3 Å². The lowest BCUT2D eigenvalue weighted by Gasteiger charge is -2.21. The van der Waals surface area contributed by atoms with E-state index in [9.17, 15) is 13.6 Å². The van der Waals surface area contributed by atoms with Crippen molar-refractivity contribution >= 4 is 41.6 Å². The Labute approximate surface area is 191 Å². The third-order valence-electron chi connectivity index (χ3n) is 4.84. The molecule has 2 N–H and O–H groups in total. The minimum absolute atomic E-state index is 0. The Morgan fingerprint density at radius 2 is 1.87 bits per heavy atom. The normalized spacial score (nSPS) is 16.1. The predicted molar refractivity (Wildman–Crippen MR) is 124 cm³/mol. The summed E-state index contributed by atoms with van der Waals surface area (Å²) in [6.07, 6.45) is 0.738. The summed E-state index contributed by atoms with van der Waals surface area (Å²) in [7, 11) is 3.01. The first-order chi connectivity index (χ1) is 14.0. The van der Waals surface area contributed by atoms with Crippen LogP contribution in [0.25, 0.3) is 0 Å². The third kappa shape index (κ3) is 5.80. The summed E-state index contributed by atoms with van der Waals surface area (Å²) in [5.41, 5.74) is 1.48. The van der Waals surface area contributed by atoms with Crippen LogP contribution >= 0.6 is 24.0 Å². The van der Waals surface area contributed by atoms with Crippen LogP contribution in [0.2, 0.25) is 0 Å². The Morgan fingerprint density at radius 3 is 2.47 bits per heavy atom. The molecular weight excluding hydrogens is 505 g/mol. The minimum atomic E-state index is -0.552. The van der Waals surface area contributed by atoms with Crippen LogP contribution < -0.4 is 15.5 Å². The van der Waals surface area contributed by atoms with E-state index in [1.165, 1.54) is 25.3 Å². The Morgan fingerprint density at radius 1 is 1.20 bits per heavy atom. The van der Waals surface area contributed by atoms with Crippen LogP contribution in [0.15, 0.2) is 47.5 Å². The van der Waals surface area contributed by atoms with Gasteiger partial charge in [-0.1, -0.05) is 18.2 Å². The fraction of sp³-hybridized carbons (Fsp3) is 0.333. The van der Waals surface area contributed by atoms with Crippen molar-refractivity contribution in [3.63, 3.8) is 0 Å². The molecule has 0 aromatic heterocycles. The first-order valence-electron chi connectivity index (χ1n) is 9.35. The van der Waals surface area contributed by atoms with E-state index in [4.69, 9.17) is 0 Å². The number of para-hydroxylation sites is 1. The number of halogens is 3. The molecule has 3 rings (SSSR count). The average molecular weight is 530 g/mol. The maximum absolute atomic E-state index is 14.0. The smallest absolute Gasteiger partial charge is 0.337 e. The van der Waals surface area contributed by atoms with E-state index < -0.39 is 11.6 Å². The molecule has 0 bridgehead atoms. The topological polar surface area (TPSA) is 66.0 Å². The molecule has 0 spiro atoms. The number of carbonyl (C=O) groups excluding carboxylic acids is 1. The van der Waals surface area contributed by atoms with Crippen molar-refractivity contribution in [3.05, 3.63) is 65.2 Å². The molecule has 1 heterocycles. The highest BCUT2D eigenvalue weighted by Crippen LogP contribution is 2.26. The second-order valence-electron chi connectivity index (χ2n) is 6.76. The van der Waals surface area contributed by atoms with Gasteiger partial charge in [0.25, 0.3) is 0 Å². The molecule has 0 radical (unpaired) electrons. The summed E-state index contributed by atoms with van der Waals surface area (Å²) >= 11 is 0. The van der Waals surface area contributed by atoms with E-state index in [2.05, 4.69) is 20.4 Å². The number of anilines is 1. The number of nitrogens with zero attached hydrogens (tertiary/aromatic N) is 2. The lowest BCUT2D eigenvalue weighted by atomic mass is 10.1. The van der Waals surface area contributed by atoms with Gasteiger partial charge in [-0.2, -0.15) is 0 Å². The largest absolute Gasteiger partial charge is 0.465 e. The van der Waals surface area contributed by atoms with Gasteiger partial charge in [0.05, 0.1) is 12.7 Å². The molecule has 0 saturated carbocycles. The maximum Gasteiger partial charge on any atom is 0.337 e. The monoisotopic (exact) mass is 530 g/mol. The standard InChI is InChI=1S/C21H24F2N4O2.HI/c1-24-21(25-12-14-6-8-15(9-7-14)20(28)29-2)26-16-10-11-27(13-16)19-17(22)4-3-5-18(19)23;/h3-9,16H,10-13H2,1-2H3,(H2,24,25,26);1H. The second-order valence-corrected chi connectivity index (χ2v) is 6.76. The van der Waals surface area contributed by atoms with Crippen molar-refractivity contribution in [1.82, 2.24) is 10.6 Å². The number of nitrogens with one attached hydrogen (secondary N) is 2. The van der Waals surface area contributed by atoms with Crippen molar-refractivity contribution in [2.45, 2.75) is 19.0 Å². The molecule has 1 fully saturated rings. The minimum Gasteiger partial charge on any atom is -0.465 e. The average Bonchev–Trinajstić information content (AvgIpc) is 3.18. The molecule has 30 heavy (non-hydrogen) atoms. The van der Waals surface area contributed by atoms with E-state index in [1.807, 2.05) is 12.1 Å². The van der Waals surface area contributed by atoms with Crippen LogP contribution in [0, 0.1) is 11.6 Å². The van der Waals surface area contributed by atoms with Crippen LogP contribution in [0.5, 0.6) is 0 Å². The highest BCUT2D eigenvalue weighted by atomic mass is 127. The second kappa shape index (κ2) is 11.1. The van der Waals surface area contributed by atoms with Crippen molar-refractivity contribution in [3.8, 4) is 0 Å². The van der Waals surface area contributed by atoms with Gasteiger partial charge in [0.2, 0.25) is 0 Å². The number of hydrogen-bond acceptors (Lipinski definition) is 4. The Bertz CT molecular complexity index is 873. The molecule has 2 aromatic carbocycles. The fourth-order valence-electron chi connectivity index (χ4n) is 3.32. The lowest BCUT2D eigenvalue weighted by Crippen LogP contribution is -2.44. The first kappa shape index (κ1) is 23.8. The van der Waals surface area contributed by atoms with Crippen molar-refractivity contribution < 1.29 is 18.3 Å². The van der Waals surface area contributed by atoms with Gasteiger partial charge >= 0.3 is 5.97 Å². The summed E-state index contributed by atoms with van der Waals surface area (Å²) in [6.45, 7) is 1.55. The van der Waals surface area contributed by atoms with Crippen molar-refractivity contribution in [1.29, 1.82) is 0 Å². The Kier molecular flexibility index (Phi) is 8.82. The SMILES string of the molecule is CN=C(NCc1ccc(C(=O)OC)cc1)NC1CCN(c2c(F)cccc2F)C1.I. The van der Waals surface area contributed by atoms with E-state index in [1.54, 1.807) is 24.1 Å². The molecule has 1 atom stereocenters.